The van der Waals surface area contributed by atoms with Crippen molar-refractivity contribution in [3.05, 3.63) is 16.1 Å². The second-order valence-corrected chi connectivity index (χ2v) is 8.34. The third-order valence-corrected chi connectivity index (χ3v) is 5.42. The molecule has 0 spiro atoms. The van der Waals surface area contributed by atoms with E-state index >= 15 is 0 Å². The molecule has 0 amide bonds. The molecular formula is C12H20N6O2S3. The molecule has 0 bridgehead atoms. The fourth-order valence-electron chi connectivity index (χ4n) is 1.79. The highest BCUT2D eigenvalue weighted by Gasteiger charge is 2.22. The van der Waals surface area contributed by atoms with Crippen molar-refractivity contribution in [3.8, 4) is 0 Å². The van der Waals surface area contributed by atoms with Crippen molar-refractivity contribution in [2.75, 3.05) is 33.4 Å². The molecule has 0 saturated carbocycles. The van der Waals surface area contributed by atoms with Crippen molar-refractivity contribution in [2.24, 2.45) is 8.80 Å². The molecule has 0 unspecified atom stereocenters. The van der Waals surface area contributed by atoms with Crippen LogP contribution in [0.15, 0.2) is 14.2 Å². The summed E-state index contributed by atoms with van der Waals surface area (Å²) < 4.78 is 29.6. The van der Waals surface area contributed by atoms with E-state index < -0.39 is 10.2 Å². The van der Waals surface area contributed by atoms with Crippen molar-refractivity contribution in [3.63, 3.8) is 0 Å². The maximum atomic E-state index is 11.3. The summed E-state index contributed by atoms with van der Waals surface area (Å²) in [6, 6.07) is 0. The summed E-state index contributed by atoms with van der Waals surface area (Å²) in [7, 11) is 1.94. The molecule has 1 aromatic heterocycles. The van der Waals surface area contributed by atoms with Crippen molar-refractivity contribution in [2.45, 2.75) is 12.3 Å². The quantitative estimate of drug-likeness (QED) is 0.661. The van der Waals surface area contributed by atoms with Gasteiger partial charge in [-0.1, -0.05) is 0 Å². The molecule has 2 N–H and O–H groups in total. The third-order valence-electron chi connectivity index (χ3n) is 2.71. The molecule has 128 valence electrons. The van der Waals surface area contributed by atoms with Crippen LogP contribution in [0.3, 0.4) is 0 Å². The SMILES string of the molecule is CNC1=NS(=O)(=O)N=C1NCCSCc1csc(CN(C)C)n1. The van der Waals surface area contributed by atoms with Gasteiger partial charge in [0.1, 0.15) is 5.01 Å². The highest BCUT2D eigenvalue weighted by molar-refractivity contribution is 7.98. The minimum atomic E-state index is -3.72. The first-order valence-corrected chi connectivity index (χ1v) is 10.4. The molecule has 0 aromatic carbocycles. The predicted molar refractivity (Wildman–Crippen MR) is 96.5 cm³/mol. The number of likely N-dealkylation sites (N-methyl/N-ethyl adjacent to an activating group) is 1. The minimum Gasteiger partial charge on any atom is -0.369 e. The van der Waals surface area contributed by atoms with E-state index in [0.717, 1.165) is 28.8 Å². The summed E-state index contributed by atoms with van der Waals surface area (Å²) >= 11 is 3.41. The summed E-state index contributed by atoms with van der Waals surface area (Å²) in [6.45, 7) is 1.46. The van der Waals surface area contributed by atoms with Crippen LogP contribution in [0.25, 0.3) is 0 Å². The topological polar surface area (TPSA) is 99.0 Å². The van der Waals surface area contributed by atoms with Crippen LogP contribution < -0.4 is 10.6 Å². The van der Waals surface area contributed by atoms with Gasteiger partial charge < -0.3 is 15.5 Å². The first-order valence-electron chi connectivity index (χ1n) is 6.92. The van der Waals surface area contributed by atoms with Crippen LogP contribution in [0.1, 0.15) is 10.7 Å². The molecule has 1 aromatic rings. The monoisotopic (exact) mass is 376 g/mol. The Morgan fingerprint density at radius 3 is 2.74 bits per heavy atom. The number of amidine groups is 2. The van der Waals surface area contributed by atoms with Gasteiger partial charge in [-0.05, 0) is 14.1 Å². The Hall–Kier alpha value is -1.17. The third kappa shape index (κ3) is 5.75. The van der Waals surface area contributed by atoms with Crippen LogP contribution in [-0.4, -0.2) is 63.4 Å². The zero-order valence-corrected chi connectivity index (χ0v) is 15.7. The number of thioether (sulfide) groups is 1. The Kier molecular flexibility index (Phi) is 6.39. The number of nitrogens with one attached hydrogen (secondary N) is 2. The molecular weight excluding hydrogens is 356 g/mol. The smallest absolute Gasteiger partial charge is 0.367 e. The molecule has 2 rings (SSSR count). The van der Waals surface area contributed by atoms with Gasteiger partial charge >= 0.3 is 10.2 Å². The van der Waals surface area contributed by atoms with Crippen LogP contribution in [0.2, 0.25) is 0 Å². The lowest BCUT2D eigenvalue weighted by atomic mass is 10.5. The molecule has 0 aliphatic carbocycles. The predicted octanol–water partition coefficient (Wildman–Crippen LogP) is 0.302. The van der Waals surface area contributed by atoms with Gasteiger partial charge in [0.15, 0.2) is 11.7 Å². The number of nitrogens with zero attached hydrogens (tertiary/aromatic N) is 4. The Labute approximate surface area is 144 Å². The Morgan fingerprint density at radius 1 is 1.30 bits per heavy atom. The first-order chi connectivity index (χ1) is 10.9. The van der Waals surface area contributed by atoms with E-state index in [1.807, 2.05) is 14.1 Å². The number of aromatic nitrogens is 1. The van der Waals surface area contributed by atoms with E-state index in [1.165, 1.54) is 0 Å². The number of rotatable bonds is 7. The highest BCUT2D eigenvalue weighted by Crippen LogP contribution is 2.16. The fraction of sp³-hybridized carbons (Fsp3) is 0.583. The summed E-state index contributed by atoms with van der Waals surface area (Å²) in [5.41, 5.74) is 1.08. The summed E-state index contributed by atoms with van der Waals surface area (Å²) in [5, 5.41) is 8.90. The van der Waals surface area contributed by atoms with Crippen molar-refractivity contribution in [1.82, 2.24) is 20.5 Å². The summed E-state index contributed by atoms with van der Waals surface area (Å²) in [6.07, 6.45) is 0. The average Bonchev–Trinajstić information content (AvgIpc) is 3.01. The molecule has 11 heteroatoms. The van der Waals surface area contributed by atoms with E-state index in [0.29, 0.717) is 6.54 Å². The molecule has 2 heterocycles. The van der Waals surface area contributed by atoms with Crippen molar-refractivity contribution >= 4 is 45.0 Å². The molecule has 8 nitrogen and oxygen atoms in total. The zero-order chi connectivity index (χ0) is 16.9. The molecule has 1 aliphatic heterocycles. The van der Waals surface area contributed by atoms with E-state index in [4.69, 9.17) is 0 Å². The Balaban J connectivity index is 1.70. The Bertz CT molecular complexity index is 695. The van der Waals surface area contributed by atoms with E-state index in [2.05, 4.69) is 34.7 Å². The molecule has 0 fully saturated rings. The zero-order valence-electron chi connectivity index (χ0n) is 13.2. The number of hydrogen-bond acceptors (Lipinski definition) is 8. The lowest BCUT2D eigenvalue weighted by Crippen LogP contribution is -2.37. The van der Waals surface area contributed by atoms with Crippen LogP contribution in [0.5, 0.6) is 0 Å². The van der Waals surface area contributed by atoms with Gasteiger partial charge in [0.05, 0.1) is 5.69 Å². The molecule has 0 atom stereocenters. The fourth-order valence-corrected chi connectivity index (χ4v) is 4.39. The summed E-state index contributed by atoms with van der Waals surface area (Å²) in [5.74, 6) is 2.18. The molecule has 23 heavy (non-hydrogen) atoms. The van der Waals surface area contributed by atoms with Gasteiger partial charge in [0.25, 0.3) is 0 Å². The Morgan fingerprint density at radius 2 is 2.04 bits per heavy atom. The van der Waals surface area contributed by atoms with Crippen LogP contribution in [0.4, 0.5) is 0 Å². The molecule has 1 aliphatic rings. The number of thiazole rings is 1. The van der Waals surface area contributed by atoms with Crippen LogP contribution >= 0.6 is 23.1 Å². The van der Waals surface area contributed by atoms with Gasteiger partial charge in [-0.15, -0.1) is 20.1 Å². The van der Waals surface area contributed by atoms with E-state index in [9.17, 15) is 8.42 Å². The van der Waals surface area contributed by atoms with E-state index in [1.54, 1.807) is 30.1 Å². The second-order valence-electron chi connectivity index (χ2n) is 5.03. The van der Waals surface area contributed by atoms with Gasteiger partial charge in [-0.2, -0.15) is 20.2 Å². The average molecular weight is 377 g/mol. The first kappa shape index (κ1) is 18.2. The maximum Gasteiger partial charge on any atom is 0.367 e. The van der Waals surface area contributed by atoms with Crippen molar-refractivity contribution < 1.29 is 8.42 Å². The molecule has 0 radical (unpaired) electrons. The minimum absolute atomic E-state index is 0.253. The van der Waals surface area contributed by atoms with Gasteiger partial charge in [0, 0.05) is 37.0 Å². The number of hydrogen-bond donors (Lipinski definition) is 2. The van der Waals surface area contributed by atoms with Crippen LogP contribution in [0, 0.1) is 0 Å². The standard InChI is InChI=1S/C12H20N6O2S3/c1-13-11-12(17-23(19,20)16-11)14-4-5-21-7-9-8-22-10(15-9)6-18(2)3/h8H,4-7H2,1-3H3,(H,13,16)(H,14,17). The lowest BCUT2D eigenvalue weighted by molar-refractivity contribution is 0.401. The molecule has 0 saturated heterocycles. The maximum absolute atomic E-state index is 11.3. The normalized spacial score (nSPS) is 16.3. The van der Waals surface area contributed by atoms with Gasteiger partial charge in [-0.3, -0.25) is 0 Å². The largest absolute Gasteiger partial charge is 0.369 e. The van der Waals surface area contributed by atoms with Gasteiger partial charge in [0.2, 0.25) is 0 Å². The van der Waals surface area contributed by atoms with Crippen molar-refractivity contribution in [1.29, 1.82) is 0 Å². The van der Waals surface area contributed by atoms with Crippen LogP contribution in [-0.2, 0) is 22.5 Å². The second kappa shape index (κ2) is 8.08. The summed E-state index contributed by atoms with van der Waals surface area (Å²) in [4.78, 5) is 6.67. The highest BCUT2D eigenvalue weighted by atomic mass is 32.2. The lowest BCUT2D eigenvalue weighted by Gasteiger charge is -2.06. The van der Waals surface area contributed by atoms with E-state index in [-0.39, 0.29) is 11.7 Å². The van der Waals surface area contributed by atoms with Gasteiger partial charge in [-0.25, -0.2) is 4.98 Å².